The Morgan fingerprint density at radius 1 is 1.44 bits per heavy atom. The Morgan fingerprint density at radius 3 is 2.88 bits per heavy atom. The molecule has 1 saturated carbocycles. The van der Waals surface area contributed by atoms with Crippen molar-refractivity contribution in [3.05, 3.63) is 17.5 Å². The molecule has 0 spiro atoms. The summed E-state index contributed by atoms with van der Waals surface area (Å²) in [5.41, 5.74) is 8.68. The molecule has 1 aliphatic rings. The van der Waals surface area contributed by atoms with E-state index in [0.717, 1.165) is 18.7 Å². The van der Waals surface area contributed by atoms with Gasteiger partial charge in [-0.1, -0.05) is 12.8 Å². The molecular weight excluding hydrogens is 198 g/mol. The molecule has 2 unspecified atom stereocenters. The fourth-order valence-electron chi connectivity index (χ4n) is 2.80. The minimum absolute atomic E-state index is 0.397. The van der Waals surface area contributed by atoms with Crippen molar-refractivity contribution >= 4 is 0 Å². The zero-order chi connectivity index (χ0) is 11.5. The van der Waals surface area contributed by atoms with Crippen molar-refractivity contribution in [3.63, 3.8) is 0 Å². The molecule has 1 aromatic heterocycles. The van der Waals surface area contributed by atoms with Crippen molar-refractivity contribution in [1.29, 1.82) is 0 Å². The first-order valence-electron chi connectivity index (χ1n) is 6.49. The van der Waals surface area contributed by atoms with Gasteiger partial charge in [0.05, 0.1) is 5.69 Å². The first kappa shape index (κ1) is 11.6. The lowest BCUT2D eigenvalue weighted by Crippen LogP contribution is -2.34. The van der Waals surface area contributed by atoms with E-state index in [1.54, 1.807) is 0 Å². The van der Waals surface area contributed by atoms with Gasteiger partial charge in [0.2, 0.25) is 0 Å². The van der Waals surface area contributed by atoms with Gasteiger partial charge in [-0.2, -0.15) is 5.10 Å². The number of nitrogens with two attached hydrogens (primary N) is 1. The van der Waals surface area contributed by atoms with Crippen LogP contribution in [0.15, 0.2) is 6.07 Å². The van der Waals surface area contributed by atoms with E-state index < -0.39 is 0 Å². The Kier molecular flexibility index (Phi) is 3.64. The normalized spacial score (nSPS) is 25.9. The molecule has 0 bridgehead atoms. The Hall–Kier alpha value is -0.830. The predicted molar refractivity (Wildman–Crippen MR) is 66.3 cm³/mol. The van der Waals surface area contributed by atoms with Crippen LogP contribution in [0.2, 0.25) is 0 Å². The maximum Gasteiger partial charge on any atom is 0.0596 e. The van der Waals surface area contributed by atoms with Crippen molar-refractivity contribution in [1.82, 2.24) is 9.78 Å². The molecule has 1 fully saturated rings. The topological polar surface area (TPSA) is 43.8 Å². The highest BCUT2D eigenvalue weighted by Gasteiger charge is 2.23. The zero-order valence-corrected chi connectivity index (χ0v) is 10.4. The molecule has 1 aromatic rings. The maximum atomic E-state index is 6.20. The Morgan fingerprint density at radius 2 is 2.19 bits per heavy atom. The van der Waals surface area contributed by atoms with Gasteiger partial charge in [0, 0.05) is 18.3 Å². The molecule has 0 radical (unpaired) electrons. The van der Waals surface area contributed by atoms with Crippen molar-refractivity contribution in [2.45, 2.75) is 58.5 Å². The van der Waals surface area contributed by atoms with E-state index in [4.69, 9.17) is 5.73 Å². The largest absolute Gasteiger partial charge is 0.327 e. The van der Waals surface area contributed by atoms with Crippen molar-refractivity contribution in [3.8, 4) is 0 Å². The molecular formula is C13H23N3. The van der Waals surface area contributed by atoms with Crippen molar-refractivity contribution in [2.24, 2.45) is 11.7 Å². The molecule has 3 heteroatoms. The van der Waals surface area contributed by atoms with Crippen molar-refractivity contribution < 1.29 is 0 Å². The molecule has 2 rings (SSSR count). The maximum absolute atomic E-state index is 6.20. The average molecular weight is 221 g/mol. The summed E-state index contributed by atoms with van der Waals surface area (Å²) in [5, 5.41) is 4.50. The molecule has 90 valence electrons. The smallest absolute Gasteiger partial charge is 0.0596 e. The summed E-state index contributed by atoms with van der Waals surface area (Å²) in [5.74, 6) is 0.662. The third kappa shape index (κ3) is 2.46. The van der Waals surface area contributed by atoms with E-state index in [1.165, 1.54) is 31.4 Å². The summed E-state index contributed by atoms with van der Waals surface area (Å²) in [6, 6.07) is 2.61. The molecule has 0 saturated heterocycles. The van der Waals surface area contributed by atoms with Crippen LogP contribution in [-0.4, -0.2) is 15.8 Å². The van der Waals surface area contributed by atoms with Gasteiger partial charge >= 0.3 is 0 Å². The first-order valence-corrected chi connectivity index (χ1v) is 6.49. The second-order valence-electron chi connectivity index (χ2n) is 5.01. The fraction of sp³-hybridized carbons (Fsp3) is 0.769. The van der Waals surface area contributed by atoms with Gasteiger partial charge in [-0.3, -0.25) is 4.68 Å². The Labute approximate surface area is 98.0 Å². The summed E-state index contributed by atoms with van der Waals surface area (Å²) < 4.78 is 2.12. The van der Waals surface area contributed by atoms with E-state index in [1.807, 2.05) is 0 Å². The van der Waals surface area contributed by atoms with Crippen LogP contribution < -0.4 is 5.73 Å². The molecule has 2 N–H and O–H groups in total. The van der Waals surface area contributed by atoms with Gasteiger partial charge in [-0.25, -0.2) is 0 Å². The molecule has 0 aliphatic heterocycles. The molecule has 1 heterocycles. The number of hydrogen-bond donors (Lipinski definition) is 1. The van der Waals surface area contributed by atoms with Gasteiger partial charge < -0.3 is 5.73 Å². The number of aryl methyl sites for hydroxylation is 2. The molecule has 3 nitrogen and oxygen atoms in total. The summed E-state index contributed by atoms with van der Waals surface area (Å²) >= 11 is 0. The van der Waals surface area contributed by atoms with E-state index in [2.05, 4.69) is 29.7 Å². The van der Waals surface area contributed by atoms with Gasteiger partial charge in [-0.05, 0) is 45.1 Å². The van der Waals surface area contributed by atoms with Crippen LogP contribution in [0.4, 0.5) is 0 Å². The highest BCUT2D eigenvalue weighted by atomic mass is 15.3. The number of rotatable bonds is 3. The van der Waals surface area contributed by atoms with Gasteiger partial charge in [0.1, 0.15) is 0 Å². The minimum atomic E-state index is 0.397. The Bertz CT molecular complexity index is 343. The lowest BCUT2D eigenvalue weighted by atomic mass is 9.82. The van der Waals surface area contributed by atoms with Crippen LogP contribution in [0.25, 0.3) is 0 Å². The first-order chi connectivity index (χ1) is 7.70. The van der Waals surface area contributed by atoms with Crippen molar-refractivity contribution in [2.75, 3.05) is 0 Å². The SMILES string of the molecule is CCn1nc(C)cc1CC1CCCCC1N. The standard InChI is InChI=1S/C13H23N3/c1-3-16-12(8-10(2)15-16)9-11-6-4-5-7-13(11)14/h8,11,13H,3-7,9,14H2,1-2H3. The van der Waals surface area contributed by atoms with Crippen LogP contribution in [0.3, 0.4) is 0 Å². The number of aromatic nitrogens is 2. The highest BCUT2D eigenvalue weighted by molar-refractivity contribution is 5.10. The lowest BCUT2D eigenvalue weighted by molar-refractivity contribution is 0.301. The summed E-state index contributed by atoms with van der Waals surface area (Å²) in [6.07, 6.45) is 6.25. The van der Waals surface area contributed by atoms with Crippen LogP contribution in [0.1, 0.15) is 44.0 Å². The van der Waals surface area contributed by atoms with Gasteiger partial charge in [-0.15, -0.1) is 0 Å². The zero-order valence-electron chi connectivity index (χ0n) is 10.4. The second kappa shape index (κ2) is 5.00. The van der Waals surface area contributed by atoms with Crippen LogP contribution >= 0.6 is 0 Å². The van der Waals surface area contributed by atoms with E-state index in [0.29, 0.717) is 12.0 Å². The summed E-state index contributed by atoms with van der Waals surface area (Å²) in [4.78, 5) is 0. The molecule has 0 aromatic carbocycles. The Balaban J connectivity index is 2.06. The van der Waals surface area contributed by atoms with E-state index in [-0.39, 0.29) is 0 Å². The lowest BCUT2D eigenvalue weighted by Gasteiger charge is -2.28. The monoisotopic (exact) mass is 221 g/mol. The van der Waals surface area contributed by atoms with E-state index >= 15 is 0 Å². The molecule has 1 aliphatic carbocycles. The summed E-state index contributed by atoms with van der Waals surface area (Å²) in [7, 11) is 0. The van der Waals surface area contributed by atoms with Crippen LogP contribution in [0.5, 0.6) is 0 Å². The third-order valence-electron chi connectivity index (χ3n) is 3.72. The van der Waals surface area contributed by atoms with E-state index in [9.17, 15) is 0 Å². The quantitative estimate of drug-likeness (QED) is 0.851. The molecule has 16 heavy (non-hydrogen) atoms. The predicted octanol–water partition coefficient (Wildman–Crippen LogP) is 2.27. The van der Waals surface area contributed by atoms with Crippen LogP contribution in [-0.2, 0) is 13.0 Å². The number of nitrogens with zero attached hydrogens (tertiary/aromatic N) is 2. The minimum Gasteiger partial charge on any atom is -0.327 e. The second-order valence-corrected chi connectivity index (χ2v) is 5.01. The third-order valence-corrected chi connectivity index (χ3v) is 3.72. The summed E-state index contributed by atoms with van der Waals surface area (Å²) in [6.45, 7) is 5.18. The van der Waals surface area contributed by atoms with Gasteiger partial charge in [0.25, 0.3) is 0 Å². The highest BCUT2D eigenvalue weighted by Crippen LogP contribution is 2.26. The van der Waals surface area contributed by atoms with Gasteiger partial charge in [0.15, 0.2) is 0 Å². The fourth-order valence-corrected chi connectivity index (χ4v) is 2.80. The molecule has 2 atom stereocenters. The number of hydrogen-bond acceptors (Lipinski definition) is 2. The van der Waals surface area contributed by atoms with Crippen LogP contribution in [0, 0.1) is 12.8 Å². The average Bonchev–Trinajstić information content (AvgIpc) is 2.62. The molecule has 0 amide bonds.